The molecule has 0 spiro atoms. The largest absolute Gasteiger partial charge is 0.495 e. The molecule has 1 aromatic carbocycles. The zero-order chi connectivity index (χ0) is 30.1. The number of ether oxygens (including phenoxy) is 1. The van der Waals surface area contributed by atoms with E-state index in [-0.39, 0.29) is 5.91 Å². The zero-order valence-corrected chi connectivity index (χ0v) is 26.4. The first-order valence-corrected chi connectivity index (χ1v) is 15.7. The first kappa shape index (κ1) is 28.6. The van der Waals surface area contributed by atoms with Crippen LogP contribution in [0.25, 0.3) is 11.1 Å². The van der Waals surface area contributed by atoms with Crippen LogP contribution in [0.5, 0.6) is 0 Å². The minimum atomic E-state index is -0.517. The molecule has 0 N–H and O–H groups in total. The number of rotatable bonds is 4. The zero-order valence-electron chi connectivity index (χ0n) is 26.4. The third-order valence-corrected chi connectivity index (χ3v) is 10.2. The summed E-state index contributed by atoms with van der Waals surface area (Å²) in [5.74, 6) is 1.08. The number of carbonyl (C=O) groups excluding carboxylic acids is 1. The lowest BCUT2D eigenvalue weighted by Crippen LogP contribution is -2.41. The second-order valence-corrected chi connectivity index (χ2v) is 13.5. The maximum atomic E-state index is 12.5. The molecular formula is C32H43BN6O4. The van der Waals surface area contributed by atoms with Gasteiger partial charge in [0.05, 0.1) is 30.0 Å². The van der Waals surface area contributed by atoms with Crippen molar-refractivity contribution >= 4 is 30.0 Å². The molecule has 4 aliphatic heterocycles. The minimum absolute atomic E-state index is 0.110. The van der Waals surface area contributed by atoms with E-state index in [4.69, 9.17) is 19.1 Å². The highest BCUT2D eigenvalue weighted by Crippen LogP contribution is 2.42. The van der Waals surface area contributed by atoms with Crippen LogP contribution in [0.3, 0.4) is 0 Å². The molecule has 0 aliphatic carbocycles. The molecular weight excluding hydrogens is 543 g/mol. The van der Waals surface area contributed by atoms with Gasteiger partial charge in [-0.05, 0) is 82.1 Å². The number of aryl methyl sites for hydroxylation is 2. The van der Waals surface area contributed by atoms with Gasteiger partial charge in [0, 0.05) is 75.4 Å². The number of amides is 1. The standard InChI is InChI=1S/C32H43BN6O4/c1-21(40)37-13-9-28-26(20-37)30(35-39(28)24-10-14-41-15-11-24)38-12-7-8-22-16-25(23-18-34-36(6)19-23)27(17-29(22)38)33-42-31(2,3)32(4,5)43-33/h16-19,24H,7-15,20H2,1-6H3. The lowest BCUT2D eigenvalue weighted by Gasteiger charge is -2.33. The molecule has 7 rings (SSSR count). The number of hydrogen-bond donors (Lipinski definition) is 0. The van der Waals surface area contributed by atoms with Gasteiger partial charge >= 0.3 is 7.12 Å². The Morgan fingerprint density at radius 3 is 2.47 bits per heavy atom. The van der Waals surface area contributed by atoms with Crippen molar-refractivity contribution < 1.29 is 18.8 Å². The van der Waals surface area contributed by atoms with Crippen LogP contribution in [0.15, 0.2) is 24.5 Å². The van der Waals surface area contributed by atoms with E-state index in [9.17, 15) is 4.79 Å². The summed E-state index contributed by atoms with van der Waals surface area (Å²) in [5.41, 5.74) is 7.07. The van der Waals surface area contributed by atoms with E-state index in [2.05, 4.69) is 60.7 Å². The first-order valence-electron chi connectivity index (χ1n) is 15.7. The summed E-state index contributed by atoms with van der Waals surface area (Å²) in [5, 5.41) is 9.84. The summed E-state index contributed by atoms with van der Waals surface area (Å²) in [6.45, 7) is 13.7. The Kier molecular flexibility index (Phi) is 6.98. The Morgan fingerprint density at radius 1 is 1.05 bits per heavy atom. The van der Waals surface area contributed by atoms with Gasteiger partial charge in [-0.1, -0.05) is 0 Å². The molecule has 4 aliphatic rings. The molecule has 2 fully saturated rings. The third kappa shape index (κ3) is 4.89. The Balaban J connectivity index is 1.36. The van der Waals surface area contributed by atoms with Gasteiger partial charge in [-0.3, -0.25) is 14.2 Å². The quantitative estimate of drug-likeness (QED) is 0.429. The Hall–Kier alpha value is -3.15. The lowest BCUT2D eigenvalue weighted by molar-refractivity contribution is -0.129. The van der Waals surface area contributed by atoms with E-state index in [0.29, 0.717) is 12.6 Å². The number of carbonyl (C=O) groups is 1. The molecule has 6 heterocycles. The second kappa shape index (κ2) is 10.5. The van der Waals surface area contributed by atoms with Crippen LogP contribution < -0.4 is 10.4 Å². The fourth-order valence-electron chi connectivity index (χ4n) is 6.99. The average molecular weight is 587 g/mol. The monoisotopic (exact) mass is 586 g/mol. The molecule has 2 aromatic heterocycles. The van der Waals surface area contributed by atoms with Crippen LogP contribution in [0, 0.1) is 0 Å². The molecule has 0 radical (unpaired) electrons. The molecule has 1 amide bonds. The van der Waals surface area contributed by atoms with Gasteiger partial charge in [0.2, 0.25) is 5.91 Å². The Morgan fingerprint density at radius 2 is 1.79 bits per heavy atom. The second-order valence-electron chi connectivity index (χ2n) is 13.5. The van der Waals surface area contributed by atoms with Crippen molar-refractivity contribution in [2.75, 3.05) is 31.2 Å². The maximum Gasteiger partial charge on any atom is 0.495 e. The SMILES string of the molecule is CC(=O)N1CCc2c(c(N3CCCc4cc(-c5cnn(C)c5)c(B5OC(C)(C)C(C)(C)O5)cc43)nn2C2CCOCC2)C1. The number of anilines is 2. The van der Waals surface area contributed by atoms with Crippen LogP contribution in [0.2, 0.25) is 0 Å². The highest BCUT2D eigenvalue weighted by molar-refractivity contribution is 6.64. The van der Waals surface area contributed by atoms with E-state index in [1.807, 2.05) is 22.8 Å². The van der Waals surface area contributed by atoms with Gasteiger partial charge in [0.15, 0.2) is 5.82 Å². The Bertz CT molecular complexity index is 1540. The van der Waals surface area contributed by atoms with Crippen molar-refractivity contribution in [1.29, 1.82) is 0 Å². The minimum Gasteiger partial charge on any atom is -0.399 e. The van der Waals surface area contributed by atoms with Crippen molar-refractivity contribution in [2.24, 2.45) is 7.05 Å². The molecule has 3 aromatic rings. The summed E-state index contributed by atoms with van der Waals surface area (Å²) >= 11 is 0. The van der Waals surface area contributed by atoms with Crippen LogP contribution in [0.4, 0.5) is 11.5 Å². The van der Waals surface area contributed by atoms with Gasteiger partial charge in [-0.25, -0.2) is 0 Å². The van der Waals surface area contributed by atoms with Crippen LogP contribution >= 0.6 is 0 Å². The van der Waals surface area contributed by atoms with Crippen molar-refractivity contribution in [3.63, 3.8) is 0 Å². The highest BCUT2D eigenvalue weighted by atomic mass is 16.7. The van der Waals surface area contributed by atoms with Gasteiger partial charge in [0.25, 0.3) is 0 Å². The van der Waals surface area contributed by atoms with Gasteiger partial charge in [-0.15, -0.1) is 0 Å². The summed E-state index contributed by atoms with van der Waals surface area (Å²) in [6, 6.07) is 4.89. The summed E-state index contributed by atoms with van der Waals surface area (Å²) in [7, 11) is 1.43. The van der Waals surface area contributed by atoms with E-state index in [1.54, 1.807) is 6.92 Å². The van der Waals surface area contributed by atoms with E-state index < -0.39 is 18.3 Å². The van der Waals surface area contributed by atoms with E-state index in [1.165, 1.54) is 16.8 Å². The predicted molar refractivity (Wildman–Crippen MR) is 166 cm³/mol. The molecule has 2 saturated heterocycles. The topological polar surface area (TPSA) is 86.9 Å². The summed E-state index contributed by atoms with van der Waals surface area (Å²) in [4.78, 5) is 16.8. The number of fused-ring (bicyclic) bond motifs is 2. The fourth-order valence-corrected chi connectivity index (χ4v) is 6.99. The third-order valence-electron chi connectivity index (χ3n) is 10.2. The molecule has 0 bridgehead atoms. The predicted octanol–water partition coefficient (Wildman–Crippen LogP) is 3.92. The van der Waals surface area contributed by atoms with E-state index in [0.717, 1.165) is 86.5 Å². The molecule has 0 unspecified atom stereocenters. The molecule has 43 heavy (non-hydrogen) atoms. The van der Waals surface area contributed by atoms with Crippen LogP contribution in [0.1, 0.15) is 76.7 Å². The molecule has 11 heteroatoms. The molecule has 0 saturated carbocycles. The fraction of sp³-hybridized carbons (Fsp3) is 0.594. The number of benzene rings is 1. The van der Waals surface area contributed by atoms with Gasteiger partial charge < -0.3 is 23.8 Å². The Labute approximate surface area is 254 Å². The summed E-state index contributed by atoms with van der Waals surface area (Å²) < 4.78 is 23.0. The van der Waals surface area contributed by atoms with Crippen molar-refractivity contribution in [3.8, 4) is 11.1 Å². The van der Waals surface area contributed by atoms with Crippen LogP contribution in [-0.4, -0.2) is 75.0 Å². The molecule has 0 atom stereocenters. The number of nitrogens with zero attached hydrogens (tertiary/aromatic N) is 6. The van der Waals surface area contributed by atoms with Gasteiger partial charge in [-0.2, -0.15) is 10.2 Å². The molecule has 228 valence electrons. The highest BCUT2D eigenvalue weighted by Gasteiger charge is 2.52. The van der Waals surface area contributed by atoms with Gasteiger partial charge in [0.1, 0.15) is 0 Å². The average Bonchev–Trinajstić information content (AvgIpc) is 3.65. The van der Waals surface area contributed by atoms with Crippen molar-refractivity contribution in [1.82, 2.24) is 24.5 Å². The first-order chi connectivity index (χ1) is 20.5. The molecule has 10 nitrogen and oxygen atoms in total. The summed E-state index contributed by atoms with van der Waals surface area (Å²) in [6.07, 6.45) is 8.70. The lowest BCUT2D eigenvalue weighted by atomic mass is 9.73. The normalized spacial score (nSPS) is 21.7. The maximum absolute atomic E-state index is 12.5. The van der Waals surface area contributed by atoms with Crippen molar-refractivity contribution in [2.45, 2.75) is 90.5 Å². The van der Waals surface area contributed by atoms with Crippen molar-refractivity contribution in [3.05, 3.63) is 41.3 Å². The van der Waals surface area contributed by atoms with E-state index >= 15 is 0 Å². The van der Waals surface area contributed by atoms with Crippen LogP contribution in [-0.2, 0) is 45.3 Å². The number of hydrogen-bond acceptors (Lipinski definition) is 7. The smallest absolute Gasteiger partial charge is 0.399 e. The number of aromatic nitrogens is 4.